The number of ether oxygens (including phenoxy) is 1. The lowest BCUT2D eigenvalue weighted by Crippen LogP contribution is -2.74. The molecular formula is C20H27N3O2S. The highest BCUT2D eigenvalue weighted by Gasteiger charge is 2.63. The van der Waals surface area contributed by atoms with Gasteiger partial charge in [-0.05, 0) is 38.0 Å². The van der Waals surface area contributed by atoms with Crippen LogP contribution in [-0.2, 0) is 9.53 Å². The van der Waals surface area contributed by atoms with Gasteiger partial charge >= 0.3 is 0 Å². The second kappa shape index (κ2) is 6.76. The first kappa shape index (κ1) is 19.0. The number of aryl methyl sites for hydroxylation is 2. The Morgan fingerprint density at radius 3 is 2.73 bits per heavy atom. The van der Waals surface area contributed by atoms with Crippen LogP contribution in [0.1, 0.15) is 38.3 Å². The number of nitrogens with zero attached hydrogens (tertiary/aromatic N) is 1. The Hall–Kier alpha value is -1.76. The van der Waals surface area contributed by atoms with E-state index in [-0.39, 0.29) is 12.0 Å². The molecule has 6 heteroatoms. The molecule has 3 N–H and O–H groups in total. The summed E-state index contributed by atoms with van der Waals surface area (Å²) in [6.07, 6.45) is 0.528. The molecule has 1 amide bonds. The average molecular weight is 374 g/mol. The zero-order valence-electron chi connectivity index (χ0n) is 16.1. The fourth-order valence-electron chi connectivity index (χ4n) is 3.39. The van der Waals surface area contributed by atoms with E-state index in [9.17, 15) is 4.79 Å². The summed E-state index contributed by atoms with van der Waals surface area (Å²) in [5.74, 6) is -0.195. The fraction of sp³-hybridized carbons (Fsp3) is 0.500. The first-order valence-corrected chi connectivity index (χ1v) is 9.82. The third kappa shape index (κ3) is 3.06. The Labute approximate surface area is 159 Å². The summed E-state index contributed by atoms with van der Waals surface area (Å²) in [4.78, 5) is 17.4. The van der Waals surface area contributed by atoms with E-state index in [0.717, 1.165) is 11.3 Å². The van der Waals surface area contributed by atoms with Crippen molar-refractivity contribution in [2.75, 3.05) is 11.9 Å². The van der Waals surface area contributed by atoms with Gasteiger partial charge in [-0.2, -0.15) is 0 Å². The third-order valence-corrected chi connectivity index (χ3v) is 6.52. The highest BCUT2D eigenvalue weighted by Crippen LogP contribution is 2.50. The first-order chi connectivity index (χ1) is 12.2. The summed E-state index contributed by atoms with van der Waals surface area (Å²) in [6.45, 7) is 10.7. The van der Waals surface area contributed by atoms with Gasteiger partial charge in [0.25, 0.3) is 0 Å². The van der Waals surface area contributed by atoms with Crippen molar-refractivity contribution in [3.8, 4) is 11.3 Å². The topological polar surface area (TPSA) is 77.2 Å². The maximum atomic E-state index is 12.8. The molecule has 1 aliphatic rings. The van der Waals surface area contributed by atoms with Crippen LogP contribution >= 0.6 is 11.3 Å². The molecule has 2 unspecified atom stereocenters. The third-order valence-electron chi connectivity index (χ3n) is 5.76. The summed E-state index contributed by atoms with van der Waals surface area (Å²) in [7, 11) is 0. The zero-order valence-corrected chi connectivity index (χ0v) is 16.9. The van der Waals surface area contributed by atoms with Gasteiger partial charge < -0.3 is 15.8 Å². The van der Waals surface area contributed by atoms with E-state index in [2.05, 4.69) is 42.3 Å². The number of aromatic nitrogens is 1. The zero-order chi connectivity index (χ0) is 19.1. The second-order valence-corrected chi connectivity index (χ2v) is 8.49. The van der Waals surface area contributed by atoms with Gasteiger partial charge in [-0.3, -0.25) is 4.79 Å². The molecule has 1 aromatic heterocycles. The van der Waals surface area contributed by atoms with E-state index in [1.165, 1.54) is 22.5 Å². The maximum absolute atomic E-state index is 12.8. The van der Waals surface area contributed by atoms with Gasteiger partial charge in [-0.15, -0.1) is 11.3 Å². The van der Waals surface area contributed by atoms with Gasteiger partial charge in [0.1, 0.15) is 5.54 Å². The van der Waals surface area contributed by atoms with E-state index in [1.807, 2.05) is 26.2 Å². The van der Waals surface area contributed by atoms with Crippen LogP contribution in [-0.4, -0.2) is 29.1 Å². The molecule has 1 fully saturated rings. The molecule has 0 aliphatic heterocycles. The van der Waals surface area contributed by atoms with E-state index >= 15 is 0 Å². The summed E-state index contributed by atoms with van der Waals surface area (Å²) >= 11 is 1.41. The number of anilines is 1. The highest BCUT2D eigenvalue weighted by molar-refractivity contribution is 7.14. The Bertz CT molecular complexity index is 830. The Kier molecular flexibility index (Phi) is 4.94. The largest absolute Gasteiger partial charge is 0.378 e. The molecule has 0 radical (unpaired) electrons. The molecule has 0 saturated heterocycles. The minimum absolute atomic E-state index is 0.00522. The van der Waals surface area contributed by atoms with Crippen molar-refractivity contribution in [1.82, 2.24) is 4.98 Å². The quantitative estimate of drug-likeness (QED) is 0.833. The van der Waals surface area contributed by atoms with Crippen LogP contribution in [0.5, 0.6) is 0 Å². The lowest BCUT2D eigenvalue weighted by molar-refractivity contribution is -0.166. The van der Waals surface area contributed by atoms with Gasteiger partial charge in [0.05, 0.1) is 11.8 Å². The molecule has 1 heterocycles. The number of carbonyl (C=O) groups excluding carboxylic acids is 1. The maximum Gasteiger partial charge on any atom is 0.246 e. The van der Waals surface area contributed by atoms with Crippen molar-refractivity contribution in [3.63, 3.8) is 0 Å². The fourth-order valence-corrected chi connectivity index (χ4v) is 4.11. The van der Waals surface area contributed by atoms with Crippen LogP contribution in [0.4, 0.5) is 5.13 Å². The SMILES string of the molecule is CCOC1CC(N)(C(=O)Nc2nc(-c3ccc(C)c(C)c3)cs2)C1(C)C. The molecule has 5 nitrogen and oxygen atoms in total. The smallest absolute Gasteiger partial charge is 0.246 e. The number of nitrogens with one attached hydrogen (secondary N) is 1. The van der Waals surface area contributed by atoms with Crippen LogP contribution in [0.3, 0.4) is 0 Å². The van der Waals surface area contributed by atoms with Gasteiger partial charge in [0, 0.05) is 29.4 Å². The van der Waals surface area contributed by atoms with E-state index in [1.54, 1.807) is 0 Å². The Morgan fingerprint density at radius 2 is 2.12 bits per heavy atom. The lowest BCUT2D eigenvalue weighted by atomic mass is 9.54. The van der Waals surface area contributed by atoms with Crippen LogP contribution in [0.25, 0.3) is 11.3 Å². The van der Waals surface area contributed by atoms with Gasteiger partial charge in [-0.1, -0.05) is 26.0 Å². The van der Waals surface area contributed by atoms with Crippen molar-refractivity contribution < 1.29 is 9.53 Å². The molecule has 0 bridgehead atoms. The van der Waals surface area contributed by atoms with Crippen LogP contribution in [0.2, 0.25) is 0 Å². The van der Waals surface area contributed by atoms with Crippen molar-refractivity contribution >= 4 is 22.4 Å². The molecule has 140 valence electrons. The lowest BCUT2D eigenvalue weighted by Gasteiger charge is -2.57. The molecule has 2 aromatic rings. The van der Waals surface area contributed by atoms with Gasteiger partial charge in [0.15, 0.2) is 5.13 Å². The summed E-state index contributed by atoms with van der Waals surface area (Å²) < 4.78 is 5.70. The molecule has 26 heavy (non-hydrogen) atoms. The predicted molar refractivity (Wildman–Crippen MR) is 106 cm³/mol. The summed E-state index contributed by atoms with van der Waals surface area (Å²) in [6, 6.07) is 6.25. The number of hydrogen-bond donors (Lipinski definition) is 2. The molecule has 1 aromatic carbocycles. The Morgan fingerprint density at radius 1 is 1.38 bits per heavy atom. The first-order valence-electron chi connectivity index (χ1n) is 8.94. The average Bonchev–Trinajstić information content (AvgIpc) is 3.05. The van der Waals surface area contributed by atoms with Crippen LogP contribution in [0.15, 0.2) is 23.6 Å². The number of hydrogen-bond acceptors (Lipinski definition) is 5. The minimum Gasteiger partial charge on any atom is -0.378 e. The number of rotatable bonds is 5. The predicted octanol–water partition coefficient (Wildman–Crippen LogP) is 3.90. The van der Waals surface area contributed by atoms with Gasteiger partial charge in [-0.25, -0.2) is 4.98 Å². The van der Waals surface area contributed by atoms with Gasteiger partial charge in [0.2, 0.25) is 5.91 Å². The number of carbonyl (C=O) groups is 1. The molecular weight excluding hydrogens is 346 g/mol. The van der Waals surface area contributed by atoms with E-state index in [0.29, 0.717) is 18.2 Å². The highest BCUT2D eigenvalue weighted by atomic mass is 32.1. The number of thiazole rings is 1. The molecule has 1 saturated carbocycles. The van der Waals surface area contributed by atoms with Crippen LogP contribution in [0, 0.1) is 19.3 Å². The Balaban J connectivity index is 1.73. The number of nitrogens with two attached hydrogens (primary N) is 1. The second-order valence-electron chi connectivity index (χ2n) is 7.63. The van der Waals surface area contributed by atoms with E-state index in [4.69, 9.17) is 10.5 Å². The van der Waals surface area contributed by atoms with Crippen LogP contribution < -0.4 is 11.1 Å². The monoisotopic (exact) mass is 373 g/mol. The summed E-state index contributed by atoms with van der Waals surface area (Å²) in [5, 5.41) is 5.44. The minimum atomic E-state index is -0.945. The molecule has 3 rings (SSSR count). The number of amides is 1. The van der Waals surface area contributed by atoms with Crippen molar-refractivity contribution in [2.24, 2.45) is 11.1 Å². The van der Waals surface area contributed by atoms with Crippen molar-refractivity contribution in [1.29, 1.82) is 0 Å². The van der Waals surface area contributed by atoms with E-state index < -0.39 is 11.0 Å². The standard InChI is InChI=1S/C20H27N3O2S/c1-6-25-16-10-20(21,19(16,4)5)17(24)23-18-22-15(11-26-18)14-8-7-12(2)13(3)9-14/h7-9,11,16H,6,10,21H2,1-5H3,(H,22,23,24). The molecule has 0 spiro atoms. The molecule has 1 aliphatic carbocycles. The molecule has 2 atom stereocenters. The normalized spacial score (nSPS) is 24.2. The number of benzene rings is 1. The van der Waals surface area contributed by atoms with Crippen molar-refractivity contribution in [2.45, 2.75) is 52.7 Å². The summed E-state index contributed by atoms with van der Waals surface area (Å²) in [5.41, 5.74) is 9.45. The van der Waals surface area contributed by atoms with Crippen molar-refractivity contribution in [3.05, 3.63) is 34.7 Å².